The van der Waals surface area contributed by atoms with Gasteiger partial charge in [-0.3, -0.25) is 4.79 Å². The molecule has 3 amide bonds. The van der Waals surface area contributed by atoms with Crippen LogP contribution in [0.4, 0.5) is 20.7 Å². The number of aromatic nitrogens is 2. The number of para-hydroxylation sites is 1. The number of anilines is 2. The van der Waals surface area contributed by atoms with E-state index in [1.165, 1.54) is 17.0 Å². The van der Waals surface area contributed by atoms with Crippen LogP contribution in [0.25, 0.3) is 16.9 Å². The zero-order valence-corrected chi connectivity index (χ0v) is 20.9. The molecule has 1 heterocycles. The Morgan fingerprint density at radius 1 is 0.946 bits per heavy atom. The van der Waals surface area contributed by atoms with E-state index in [0.717, 1.165) is 23.2 Å². The van der Waals surface area contributed by atoms with E-state index in [-0.39, 0.29) is 18.1 Å². The molecule has 0 atom stereocenters. The molecule has 4 rings (SSSR count). The Kier molecular flexibility index (Phi) is 8.30. The summed E-state index contributed by atoms with van der Waals surface area (Å²) in [6.07, 6.45) is 1.54. The van der Waals surface area contributed by atoms with Gasteiger partial charge in [-0.1, -0.05) is 73.5 Å². The van der Waals surface area contributed by atoms with Crippen molar-refractivity contribution >= 4 is 23.4 Å². The van der Waals surface area contributed by atoms with Gasteiger partial charge in [-0.15, -0.1) is 0 Å². The summed E-state index contributed by atoms with van der Waals surface area (Å²) in [4.78, 5) is 27.4. The van der Waals surface area contributed by atoms with Crippen LogP contribution in [0.1, 0.15) is 25.3 Å². The Morgan fingerprint density at radius 3 is 2.35 bits per heavy atom. The average Bonchev–Trinajstić information content (AvgIpc) is 3.32. The van der Waals surface area contributed by atoms with Gasteiger partial charge in [0.1, 0.15) is 18.2 Å². The summed E-state index contributed by atoms with van der Waals surface area (Å²) in [6, 6.07) is 24.7. The zero-order valence-electron chi connectivity index (χ0n) is 20.9. The molecule has 0 fully saturated rings. The van der Waals surface area contributed by atoms with Crippen molar-refractivity contribution < 1.29 is 14.0 Å². The van der Waals surface area contributed by atoms with Crippen LogP contribution in [-0.2, 0) is 4.79 Å². The Hall–Kier alpha value is -4.46. The van der Waals surface area contributed by atoms with Gasteiger partial charge in [0.05, 0.1) is 17.1 Å². The molecule has 0 saturated carbocycles. The first kappa shape index (κ1) is 25.6. The molecule has 0 saturated heterocycles. The fraction of sp³-hybridized carbons (Fsp3) is 0.207. The number of carbonyl (C=O) groups is 2. The van der Waals surface area contributed by atoms with Crippen LogP contribution in [0.15, 0.2) is 84.9 Å². The number of carbonyl (C=O) groups excluding carboxylic acids is 2. The normalized spacial score (nSPS) is 10.7. The predicted molar refractivity (Wildman–Crippen MR) is 144 cm³/mol. The fourth-order valence-corrected chi connectivity index (χ4v) is 3.82. The minimum atomic E-state index is -0.536. The first-order chi connectivity index (χ1) is 17.9. The minimum absolute atomic E-state index is 0.0688. The van der Waals surface area contributed by atoms with E-state index in [2.05, 4.69) is 10.6 Å². The topological polar surface area (TPSA) is 79.3 Å². The smallest absolute Gasteiger partial charge is 0.315 e. The molecule has 0 unspecified atom stereocenters. The van der Waals surface area contributed by atoms with Crippen LogP contribution in [-0.4, -0.2) is 39.7 Å². The molecule has 4 aromatic rings. The zero-order chi connectivity index (χ0) is 26.2. The molecule has 190 valence electrons. The van der Waals surface area contributed by atoms with Crippen molar-refractivity contribution in [1.29, 1.82) is 0 Å². The quantitative estimate of drug-likeness (QED) is 0.285. The Labute approximate surface area is 215 Å². The average molecular weight is 500 g/mol. The van der Waals surface area contributed by atoms with Gasteiger partial charge in [-0.25, -0.2) is 13.9 Å². The Bertz CT molecular complexity index is 1350. The van der Waals surface area contributed by atoms with Crippen molar-refractivity contribution in [1.82, 2.24) is 14.7 Å². The van der Waals surface area contributed by atoms with Crippen molar-refractivity contribution in [2.24, 2.45) is 0 Å². The molecule has 0 aliphatic rings. The van der Waals surface area contributed by atoms with E-state index in [1.807, 2.05) is 74.5 Å². The molecule has 0 radical (unpaired) electrons. The lowest BCUT2D eigenvalue weighted by Crippen LogP contribution is -2.41. The van der Waals surface area contributed by atoms with Crippen LogP contribution in [0, 0.1) is 12.7 Å². The standard InChI is InChI=1S/C29H30FN5O2/c1-3-4-18-34(29(37)31-25-13-9-8-12-24(25)30)20-28(36)32-27-19-26(22-10-6-5-7-11-22)33-35(27)23-16-14-21(2)15-17-23/h5-17,19H,3-4,18,20H2,1-2H3,(H,31,37)(H,32,36). The van der Waals surface area contributed by atoms with Gasteiger partial charge in [0.25, 0.3) is 0 Å². The number of rotatable bonds is 9. The van der Waals surface area contributed by atoms with Gasteiger partial charge in [0, 0.05) is 18.2 Å². The molecule has 2 N–H and O–H groups in total. The van der Waals surface area contributed by atoms with Crippen molar-refractivity contribution in [3.8, 4) is 16.9 Å². The lowest BCUT2D eigenvalue weighted by atomic mass is 10.1. The van der Waals surface area contributed by atoms with Crippen molar-refractivity contribution in [2.45, 2.75) is 26.7 Å². The van der Waals surface area contributed by atoms with E-state index >= 15 is 0 Å². The van der Waals surface area contributed by atoms with E-state index < -0.39 is 11.8 Å². The minimum Gasteiger partial charge on any atom is -0.315 e. The van der Waals surface area contributed by atoms with E-state index in [4.69, 9.17) is 5.10 Å². The molecule has 7 nitrogen and oxygen atoms in total. The number of aryl methyl sites for hydroxylation is 1. The predicted octanol–water partition coefficient (Wildman–Crippen LogP) is 6.26. The highest BCUT2D eigenvalue weighted by molar-refractivity contribution is 5.97. The number of amides is 3. The second-order valence-corrected chi connectivity index (χ2v) is 8.76. The highest BCUT2D eigenvalue weighted by Gasteiger charge is 2.20. The molecule has 0 spiro atoms. The number of halogens is 1. The Morgan fingerprint density at radius 2 is 1.65 bits per heavy atom. The molecule has 0 aliphatic carbocycles. The number of unbranched alkanes of at least 4 members (excludes halogenated alkanes) is 1. The summed E-state index contributed by atoms with van der Waals surface area (Å²) in [5.41, 5.74) is 3.59. The third kappa shape index (κ3) is 6.61. The summed E-state index contributed by atoms with van der Waals surface area (Å²) < 4.78 is 15.7. The van der Waals surface area contributed by atoms with Gasteiger partial charge in [0.2, 0.25) is 5.91 Å². The van der Waals surface area contributed by atoms with Crippen molar-refractivity contribution in [3.63, 3.8) is 0 Å². The first-order valence-electron chi connectivity index (χ1n) is 12.3. The highest BCUT2D eigenvalue weighted by atomic mass is 19.1. The number of hydrogen-bond donors (Lipinski definition) is 2. The number of nitrogens with zero attached hydrogens (tertiary/aromatic N) is 3. The van der Waals surface area contributed by atoms with E-state index in [0.29, 0.717) is 24.5 Å². The molecule has 1 aromatic heterocycles. The van der Waals surface area contributed by atoms with Gasteiger partial charge >= 0.3 is 6.03 Å². The highest BCUT2D eigenvalue weighted by Crippen LogP contribution is 2.25. The molecular weight excluding hydrogens is 469 g/mol. The lowest BCUT2D eigenvalue weighted by molar-refractivity contribution is -0.116. The largest absolute Gasteiger partial charge is 0.322 e. The Balaban J connectivity index is 1.56. The van der Waals surface area contributed by atoms with Gasteiger partial charge in [-0.05, 0) is 37.6 Å². The van der Waals surface area contributed by atoms with Gasteiger partial charge < -0.3 is 15.5 Å². The third-order valence-electron chi connectivity index (χ3n) is 5.84. The van der Waals surface area contributed by atoms with Crippen LogP contribution in [0.3, 0.4) is 0 Å². The summed E-state index contributed by atoms with van der Waals surface area (Å²) in [5, 5.41) is 10.2. The molecule has 8 heteroatoms. The first-order valence-corrected chi connectivity index (χ1v) is 12.3. The number of hydrogen-bond acceptors (Lipinski definition) is 3. The van der Waals surface area contributed by atoms with E-state index in [9.17, 15) is 14.0 Å². The van der Waals surface area contributed by atoms with Crippen LogP contribution in [0.5, 0.6) is 0 Å². The maximum absolute atomic E-state index is 14.1. The van der Waals surface area contributed by atoms with E-state index in [1.54, 1.807) is 16.8 Å². The third-order valence-corrected chi connectivity index (χ3v) is 5.84. The summed E-state index contributed by atoms with van der Waals surface area (Å²) in [7, 11) is 0. The maximum atomic E-state index is 14.1. The molecule has 3 aromatic carbocycles. The number of nitrogens with one attached hydrogen (secondary N) is 2. The molecule has 37 heavy (non-hydrogen) atoms. The fourth-order valence-electron chi connectivity index (χ4n) is 3.82. The lowest BCUT2D eigenvalue weighted by Gasteiger charge is -2.22. The van der Waals surface area contributed by atoms with Gasteiger partial charge in [-0.2, -0.15) is 5.10 Å². The second-order valence-electron chi connectivity index (χ2n) is 8.76. The summed E-state index contributed by atoms with van der Waals surface area (Å²) >= 11 is 0. The van der Waals surface area contributed by atoms with Crippen LogP contribution >= 0.6 is 0 Å². The monoisotopic (exact) mass is 499 g/mol. The molecule has 0 bridgehead atoms. The molecular formula is C29H30FN5O2. The van der Waals surface area contributed by atoms with Crippen molar-refractivity contribution in [2.75, 3.05) is 23.7 Å². The number of urea groups is 1. The van der Waals surface area contributed by atoms with Gasteiger partial charge in [0.15, 0.2) is 0 Å². The second kappa shape index (κ2) is 12.0. The summed E-state index contributed by atoms with van der Waals surface area (Å²) in [6.45, 7) is 4.16. The maximum Gasteiger partial charge on any atom is 0.322 e. The SMILES string of the molecule is CCCCN(CC(=O)Nc1cc(-c2ccccc2)nn1-c1ccc(C)cc1)C(=O)Nc1ccccc1F. The number of benzene rings is 3. The van der Waals surface area contributed by atoms with Crippen LogP contribution in [0.2, 0.25) is 0 Å². The molecule has 0 aliphatic heterocycles. The van der Waals surface area contributed by atoms with Crippen molar-refractivity contribution in [3.05, 3.63) is 96.3 Å². The summed E-state index contributed by atoms with van der Waals surface area (Å²) in [5.74, 6) is -0.434. The van der Waals surface area contributed by atoms with Crippen LogP contribution < -0.4 is 10.6 Å².